The second kappa shape index (κ2) is 3.77. The Morgan fingerprint density at radius 2 is 2.15 bits per heavy atom. The molecule has 5 heteroatoms. The zero-order valence-electron chi connectivity index (χ0n) is 7.77. The van der Waals surface area contributed by atoms with Gasteiger partial charge in [0.2, 0.25) is 0 Å². The zero-order chi connectivity index (χ0) is 10.1. The van der Waals surface area contributed by atoms with Crippen molar-refractivity contribution in [2.45, 2.75) is 32.0 Å². The predicted molar refractivity (Wildman–Crippen MR) is 51.0 cm³/mol. The highest BCUT2D eigenvalue weighted by Crippen LogP contribution is 2.09. The standard InChI is InChI=1S/C8H15NO3S/c1-6(7(2)10)9-8-3-4-13(11,12)5-8/h3-4,6-10H,5H2,1-2H3. The lowest BCUT2D eigenvalue weighted by Crippen LogP contribution is -2.42. The van der Waals surface area contributed by atoms with E-state index in [1.807, 2.05) is 6.92 Å². The first-order valence-electron chi connectivity index (χ1n) is 4.26. The van der Waals surface area contributed by atoms with Crippen molar-refractivity contribution < 1.29 is 13.5 Å². The Labute approximate surface area is 78.6 Å². The summed E-state index contributed by atoms with van der Waals surface area (Å²) in [7, 11) is -2.99. The average molecular weight is 205 g/mol. The highest BCUT2D eigenvalue weighted by atomic mass is 32.2. The number of rotatable bonds is 3. The Morgan fingerprint density at radius 3 is 2.54 bits per heavy atom. The van der Waals surface area contributed by atoms with E-state index in [0.717, 1.165) is 0 Å². The molecule has 0 amide bonds. The Balaban J connectivity index is 2.47. The molecule has 4 nitrogen and oxygen atoms in total. The lowest BCUT2D eigenvalue weighted by molar-refractivity contribution is 0.150. The van der Waals surface area contributed by atoms with E-state index in [-0.39, 0.29) is 17.8 Å². The van der Waals surface area contributed by atoms with Crippen molar-refractivity contribution in [3.05, 3.63) is 11.5 Å². The molecule has 0 aromatic carbocycles. The molecule has 3 unspecified atom stereocenters. The van der Waals surface area contributed by atoms with E-state index < -0.39 is 15.9 Å². The van der Waals surface area contributed by atoms with E-state index in [9.17, 15) is 13.5 Å². The van der Waals surface area contributed by atoms with E-state index >= 15 is 0 Å². The van der Waals surface area contributed by atoms with Crippen molar-refractivity contribution in [3.63, 3.8) is 0 Å². The van der Waals surface area contributed by atoms with Crippen LogP contribution in [-0.4, -0.2) is 37.5 Å². The van der Waals surface area contributed by atoms with Crippen LogP contribution in [0.25, 0.3) is 0 Å². The van der Waals surface area contributed by atoms with Gasteiger partial charge in [0.05, 0.1) is 11.9 Å². The Morgan fingerprint density at radius 1 is 1.54 bits per heavy atom. The summed E-state index contributed by atoms with van der Waals surface area (Å²) in [5.41, 5.74) is 0. The molecule has 13 heavy (non-hydrogen) atoms. The largest absolute Gasteiger partial charge is 0.392 e. The molecule has 1 rings (SSSR count). The van der Waals surface area contributed by atoms with E-state index in [1.54, 1.807) is 13.0 Å². The normalized spacial score (nSPS) is 30.2. The average Bonchev–Trinajstić information content (AvgIpc) is 2.30. The molecule has 0 spiro atoms. The summed E-state index contributed by atoms with van der Waals surface area (Å²) >= 11 is 0. The van der Waals surface area contributed by atoms with Crippen LogP contribution in [0.3, 0.4) is 0 Å². The van der Waals surface area contributed by atoms with Gasteiger partial charge in [-0.2, -0.15) is 0 Å². The topological polar surface area (TPSA) is 66.4 Å². The van der Waals surface area contributed by atoms with Gasteiger partial charge in [-0.25, -0.2) is 8.42 Å². The Bertz CT molecular complexity index is 295. The van der Waals surface area contributed by atoms with Gasteiger partial charge in [0.1, 0.15) is 0 Å². The fourth-order valence-corrected chi connectivity index (χ4v) is 2.40. The number of aliphatic hydroxyl groups excluding tert-OH is 1. The van der Waals surface area contributed by atoms with Crippen LogP contribution in [0.2, 0.25) is 0 Å². The third kappa shape index (κ3) is 3.10. The maximum Gasteiger partial charge on any atom is 0.173 e. The Hall–Kier alpha value is -0.390. The molecule has 0 saturated carbocycles. The fourth-order valence-electron chi connectivity index (χ4n) is 1.16. The molecule has 1 heterocycles. The van der Waals surface area contributed by atoms with E-state index in [0.29, 0.717) is 0 Å². The molecule has 0 fully saturated rings. The molecule has 0 aromatic heterocycles. The number of hydrogen-bond donors (Lipinski definition) is 2. The number of sulfone groups is 1. The molecule has 1 aliphatic heterocycles. The first-order valence-corrected chi connectivity index (χ1v) is 5.97. The third-order valence-electron chi connectivity index (χ3n) is 2.13. The highest BCUT2D eigenvalue weighted by molar-refractivity contribution is 7.94. The van der Waals surface area contributed by atoms with Crippen LogP contribution in [0.1, 0.15) is 13.8 Å². The number of nitrogens with one attached hydrogen (secondary N) is 1. The zero-order valence-corrected chi connectivity index (χ0v) is 8.58. The van der Waals surface area contributed by atoms with Gasteiger partial charge in [-0.15, -0.1) is 0 Å². The summed E-state index contributed by atoms with van der Waals surface area (Å²) in [5.74, 6) is 0.101. The summed E-state index contributed by atoms with van der Waals surface area (Å²) in [6, 6.07) is -0.252. The van der Waals surface area contributed by atoms with Gasteiger partial charge < -0.3 is 10.4 Å². The molecule has 0 radical (unpaired) electrons. The summed E-state index contributed by atoms with van der Waals surface area (Å²) in [6.07, 6.45) is 1.14. The van der Waals surface area contributed by atoms with Crippen LogP contribution in [0.5, 0.6) is 0 Å². The first kappa shape index (κ1) is 10.7. The van der Waals surface area contributed by atoms with Crippen LogP contribution in [0.15, 0.2) is 11.5 Å². The molecular weight excluding hydrogens is 190 g/mol. The smallest absolute Gasteiger partial charge is 0.173 e. The number of hydrogen-bond acceptors (Lipinski definition) is 4. The van der Waals surface area contributed by atoms with Crippen LogP contribution in [0, 0.1) is 0 Å². The predicted octanol–water partition coefficient (Wildman–Crippen LogP) is -0.344. The quantitative estimate of drug-likeness (QED) is 0.661. The molecule has 0 saturated heterocycles. The van der Waals surface area contributed by atoms with Gasteiger partial charge in [0.25, 0.3) is 0 Å². The maximum absolute atomic E-state index is 11.0. The molecule has 76 valence electrons. The first-order chi connectivity index (χ1) is 5.91. The number of aliphatic hydroxyl groups is 1. The monoisotopic (exact) mass is 205 g/mol. The minimum atomic E-state index is -2.99. The lowest BCUT2D eigenvalue weighted by atomic mass is 10.2. The second-order valence-electron chi connectivity index (χ2n) is 3.46. The van der Waals surface area contributed by atoms with Gasteiger partial charge in [-0.05, 0) is 13.8 Å². The van der Waals surface area contributed by atoms with Gasteiger partial charge in [0.15, 0.2) is 9.84 Å². The van der Waals surface area contributed by atoms with Crippen molar-refractivity contribution in [3.8, 4) is 0 Å². The lowest BCUT2D eigenvalue weighted by Gasteiger charge is -2.19. The van der Waals surface area contributed by atoms with Gasteiger partial charge in [-0.1, -0.05) is 6.08 Å². The van der Waals surface area contributed by atoms with Gasteiger partial charge in [0, 0.05) is 17.5 Å². The fraction of sp³-hybridized carbons (Fsp3) is 0.750. The van der Waals surface area contributed by atoms with Crippen LogP contribution >= 0.6 is 0 Å². The Kier molecular flexibility index (Phi) is 3.10. The summed E-state index contributed by atoms with van der Waals surface area (Å²) in [6.45, 7) is 3.49. The molecule has 3 atom stereocenters. The SMILES string of the molecule is CC(O)C(C)NC1C=CS(=O)(=O)C1. The molecular formula is C8H15NO3S. The van der Waals surface area contributed by atoms with E-state index in [4.69, 9.17) is 0 Å². The second-order valence-corrected chi connectivity index (χ2v) is 5.39. The maximum atomic E-state index is 11.0. The highest BCUT2D eigenvalue weighted by Gasteiger charge is 2.23. The molecule has 0 bridgehead atoms. The van der Waals surface area contributed by atoms with Crippen molar-refractivity contribution in [2.75, 3.05) is 5.75 Å². The minimum absolute atomic E-state index is 0.0945. The van der Waals surface area contributed by atoms with E-state index in [1.165, 1.54) is 5.41 Å². The van der Waals surface area contributed by atoms with E-state index in [2.05, 4.69) is 5.32 Å². The van der Waals surface area contributed by atoms with Crippen LogP contribution in [-0.2, 0) is 9.84 Å². The van der Waals surface area contributed by atoms with Crippen molar-refractivity contribution >= 4 is 9.84 Å². The molecule has 0 aromatic rings. The summed E-state index contributed by atoms with van der Waals surface area (Å²) < 4.78 is 22.0. The molecule has 2 N–H and O–H groups in total. The molecule has 1 aliphatic rings. The molecule has 0 aliphatic carbocycles. The van der Waals surface area contributed by atoms with Gasteiger partial charge >= 0.3 is 0 Å². The summed E-state index contributed by atoms with van der Waals surface area (Å²) in [4.78, 5) is 0. The van der Waals surface area contributed by atoms with Crippen LogP contribution < -0.4 is 5.32 Å². The summed E-state index contributed by atoms with van der Waals surface area (Å²) in [5, 5.41) is 13.4. The minimum Gasteiger partial charge on any atom is -0.392 e. The van der Waals surface area contributed by atoms with Crippen molar-refractivity contribution in [2.24, 2.45) is 0 Å². The van der Waals surface area contributed by atoms with Crippen LogP contribution in [0.4, 0.5) is 0 Å². The van der Waals surface area contributed by atoms with Gasteiger partial charge in [-0.3, -0.25) is 0 Å². The third-order valence-corrected chi connectivity index (χ3v) is 3.53. The van der Waals surface area contributed by atoms with Crippen molar-refractivity contribution in [1.82, 2.24) is 5.32 Å². The van der Waals surface area contributed by atoms with Crippen molar-refractivity contribution in [1.29, 1.82) is 0 Å².